The van der Waals surface area contributed by atoms with Crippen molar-refractivity contribution in [2.24, 2.45) is 0 Å². The highest BCUT2D eigenvalue weighted by Gasteiger charge is 2.41. The van der Waals surface area contributed by atoms with Crippen LogP contribution in [-0.2, 0) is 17.7 Å². The molecule has 0 saturated heterocycles. The average molecular weight is 738 g/mol. The molecule has 0 aromatic rings. The first kappa shape index (κ1) is 47.4. The van der Waals surface area contributed by atoms with Crippen LogP contribution in [0.5, 0.6) is 0 Å². The van der Waals surface area contributed by atoms with Crippen LogP contribution in [0.4, 0.5) is 0 Å². The van der Waals surface area contributed by atoms with Gasteiger partial charge in [-0.25, -0.2) is 0 Å². The maximum Gasteiger partial charge on any atom is 0.193 e. The van der Waals surface area contributed by atoms with E-state index in [1.807, 2.05) is 0 Å². The van der Waals surface area contributed by atoms with Gasteiger partial charge in [-0.2, -0.15) is 5.26 Å². The second-order valence-electron chi connectivity index (χ2n) is 19.9. The van der Waals surface area contributed by atoms with Gasteiger partial charge in [-0.05, 0) is 92.3 Å². The Balaban J connectivity index is 6.17. The van der Waals surface area contributed by atoms with E-state index in [9.17, 15) is 5.26 Å². The molecule has 0 amide bonds. The summed E-state index contributed by atoms with van der Waals surface area (Å²) >= 11 is 0. The molecule has 0 unspecified atom stereocenters. The summed E-state index contributed by atoms with van der Waals surface area (Å²) in [6.45, 7) is 47.6. The van der Waals surface area contributed by atoms with Crippen molar-refractivity contribution < 1.29 is 17.7 Å². The summed E-state index contributed by atoms with van der Waals surface area (Å²) in [7, 11) is -7.95. The molecule has 9 heteroatoms. The Kier molecular flexibility index (Phi) is 17.5. The second kappa shape index (κ2) is 17.8. The van der Waals surface area contributed by atoms with Crippen molar-refractivity contribution in [1.82, 2.24) is 0 Å². The van der Waals surface area contributed by atoms with Gasteiger partial charge in [-0.1, -0.05) is 120 Å². The Bertz CT molecular complexity index is 1110. The van der Waals surface area contributed by atoms with Crippen LogP contribution in [0.2, 0.25) is 72.5 Å². The van der Waals surface area contributed by atoms with Crippen LogP contribution in [0.15, 0.2) is 36.5 Å². The number of hydrogen-bond acceptors (Lipinski definition) is 5. The Morgan fingerprint density at radius 1 is 0.479 bits per heavy atom. The minimum Gasteiger partial charge on any atom is -0.411 e. The maximum absolute atomic E-state index is 9.92. The minimum absolute atomic E-state index is 0.0272. The van der Waals surface area contributed by atoms with E-state index >= 15 is 0 Å². The van der Waals surface area contributed by atoms with Crippen molar-refractivity contribution >= 4 is 33.3 Å². The van der Waals surface area contributed by atoms with Crippen LogP contribution >= 0.6 is 0 Å². The highest BCUT2D eigenvalue weighted by molar-refractivity contribution is 6.75. The van der Waals surface area contributed by atoms with Crippen molar-refractivity contribution in [3.05, 3.63) is 36.5 Å². The van der Waals surface area contributed by atoms with Gasteiger partial charge in [0.2, 0.25) is 0 Å². The lowest BCUT2D eigenvalue weighted by Gasteiger charge is -2.39. The normalized spacial score (nSPS) is 17.7. The third-order valence-corrected chi connectivity index (χ3v) is 29.4. The topological polar surface area (TPSA) is 60.7 Å². The molecule has 0 aromatic heterocycles. The molecule has 0 aliphatic rings. The predicted molar refractivity (Wildman–Crippen MR) is 221 cm³/mol. The minimum atomic E-state index is -2.05. The molecule has 0 N–H and O–H groups in total. The van der Waals surface area contributed by atoms with Crippen LogP contribution in [-0.4, -0.2) is 57.7 Å². The van der Waals surface area contributed by atoms with Crippen molar-refractivity contribution in [3.8, 4) is 6.07 Å². The molecule has 0 heterocycles. The molecule has 280 valence electrons. The zero-order chi connectivity index (χ0) is 38.2. The lowest BCUT2D eigenvalue weighted by molar-refractivity contribution is 0.218. The highest BCUT2D eigenvalue weighted by Crippen LogP contribution is 2.40. The summed E-state index contributed by atoms with van der Waals surface area (Å²) in [5.41, 5.74) is 0. The van der Waals surface area contributed by atoms with Crippen LogP contribution in [0.1, 0.15) is 109 Å². The van der Waals surface area contributed by atoms with Crippen molar-refractivity contribution in [3.63, 3.8) is 0 Å². The van der Waals surface area contributed by atoms with Crippen molar-refractivity contribution in [1.29, 1.82) is 5.26 Å². The fraction of sp³-hybridized carbons (Fsp3) is 0.821. The van der Waals surface area contributed by atoms with E-state index in [0.29, 0.717) is 6.42 Å². The van der Waals surface area contributed by atoms with Gasteiger partial charge in [-0.15, -0.1) is 0 Å². The summed E-state index contributed by atoms with van der Waals surface area (Å²) in [6.07, 6.45) is 14.8. The van der Waals surface area contributed by atoms with Crippen molar-refractivity contribution in [2.45, 2.75) is 206 Å². The SMILES string of the molecule is C[C@@H](/C=C/C[C@H](/C=C/C[C@H](/C=C/C[C@H](C#N)O[Si](C)(C)C(C)(C)C)O[Si](C)(C)C(C)(C)C)O[Si](C)(C)C(C)(C)C)O[Si](C)(C)C(C)(C)C. The van der Waals surface area contributed by atoms with E-state index in [-0.39, 0.29) is 38.5 Å². The third-order valence-electron chi connectivity index (χ3n) is 11.4. The van der Waals surface area contributed by atoms with Gasteiger partial charge >= 0.3 is 0 Å². The molecular formula is C39H79NO4Si4. The van der Waals surface area contributed by atoms with Gasteiger partial charge in [0, 0.05) is 6.42 Å². The first-order chi connectivity index (χ1) is 21.2. The number of nitriles is 1. The average Bonchev–Trinajstić information content (AvgIpc) is 2.84. The zero-order valence-electron chi connectivity index (χ0n) is 35.5. The third kappa shape index (κ3) is 15.8. The molecule has 5 nitrogen and oxygen atoms in total. The summed E-state index contributed by atoms with van der Waals surface area (Å²) in [5.74, 6) is 0. The standard InChI is InChI=1S/C39H79NO4Si4/c1-32(41-45(14,15)36(2,3)4)25-22-26-33(42-46(16,17)37(5,6)7)27-23-28-34(43-47(18,19)38(8,9)10)29-24-30-35(31-40)44-48(20,21)39(11,12)13/h22-25,27,29,32-35H,26,28,30H2,1-21H3/b25-22+,27-23+,29-24+/t32-,33+,34+,35+/m0/s1. The summed E-state index contributed by atoms with van der Waals surface area (Å²) in [4.78, 5) is 0. The quantitative estimate of drug-likeness (QED) is 0.110. The lowest BCUT2D eigenvalue weighted by Crippen LogP contribution is -2.44. The van der Waals surface area contributed by atoms with Gasteiger partial charge in [0.25, 0.3) is 0 Å². The fourth-order valence-corrected chi connectivity index (χ4v) is 9.05. The molecular weight excluding hydrogens is 659 g/mol. The first-order valence-electron chi connectivity index (χ1n) is 18.3. The van der Waals surface area contributed by atoms with Crippen LogP contribution in [0.25, 0.3) is 0 Å². The number of rotatable bonds is 17. The highest BCUT2D eigenvalue weighted by atomic mass is 28.4. The second-order valence-corrected chi connectivity index (χ2v) is 38.9. The fourth-order valence-electron chi connectivity index (χ4n) is 3.91. The molecule has 0 fully saturated rings. The van der Waals surface area contributed by atoms with E-state index in [4.69, 9.17) is 17.7 Å². The molecule has 0 radical (unpaired) electrons. The largest absolute Gasteiger partial charge is 0.411 e. The van der Waals surface area contributed by atoms with Crippen LogP contribution in [0, 0.1) is 11.3 Å². The Labute approximate surface area is 303 Å². The molecule has 0 rings (SSSR count). The molecule has 0 aliphatic heterocycles. The Morgan fingerprint density at radius 2 is 0.771 bits per heavy atom. The monoisotopic (exact) mass is 738 g/mol. The summed E-state index contributed by atoms with van der Waals surface area (Å²) < 4.78 is 26.9. The van der Waals surface area contributed by atoms with Crippen LogP contribution < -0.4 is 0 Å². The number of nitrogens with zero attached hydrogens (tertiary/aromatic N) is 1. The van der Waals surface area contributed by atoms with E-state index in [0.717, 1.165) is 12.8 Å². The first-order valence-corrected chi connectivity index (χ1v) is 29.9. The predicted octanol–water partition coefficient (Wildman–Crippen LogP) is 12.9. The van der Waals surface area contributed by atoms with E-state index < -0.39 is 39.4 Å². The Morgan fingerprint density at radius 3 is 1.10 bits per heavy atom. The van der Waals surface area contributed by atoms with E-state index in [1.54, 1.807) is 0 Å². The molecule has 0 bridgehead atoms. The maximum atomic E-state index is 9.92. The van der Waals surface area contributed by atoms with Gasteiger partial charge in [0.15, 0.2) is 33.3 Å². The lowest BCUT2D eigenvalue weighted by atomic mass is 10.1. The van der Waals surface area contributed by atoms with Gasteiger partial charge in [-0.3, -0.25) is 0 Å². The van der Waals surface area contributed by atoms with Crippen molar-refractivity contribution in [2.75, 3.05) is 0 Å². The Hall–Kier alpha value is -0.582. The summed E-state index contributed by atoms with van der Waals surface area (Å²) in [5, 5.41) is 10.4. The zero-order valence-corrected chi connectivity index (χ0v) is 39.5. The number of hydrogen-bond donors (Lipinski definition) is 0. The molecule has 0 saturated carbocycles. The molecule has 4 atom stereocenters. The smallest absolute Gasteiger partial charge is 0.193 e. The van der Waals surface area contributed by atoms with Gasteiger partial charge in [0.05, 0.1) is 24.4 Å². The molecule has 0 aliphatic carbocycles. The molecule has 48 heavy (non-hydrogen) atoms. The van der Waals surface area contributed by atoms with E-state index in [2.05, 4.69) is 185 Å². The summed E-state index contributed by atoms with van der Waals surface area (Å²) in [6, 6.07) is 2.40. The van der Waals surface area contributed by atoms with Gasteiger partial charge < -0.3 is 17.7 Å². The van der Waals surface area contributed by atoms with Crippen LogP contribution in [0.3, 0.4) is 0 Å². The molecule has 0 spiro atoms. The molecule has 0 aromatic carbocycles. The van der Waals surface area contributed by atoms with Gasteiger partial charge in [0.1, 0.15) is 6.10 Å². The van der Waals surface area contributed by atoms with E-state index in [1.165, 1.54) is 0 Å².